The summed E-state index contributed by atoms with van der Waals surface area (Å²) in [4.78, 5) is 4.27. The van der Waals surface area contributed by atoms with Gasteiger partial charge in [-0.2, -0.15) is 10.2 Å². The molecule has 0 spiro atoms. The first-order chi connectivity index (χ1) is 11.9. The van der Waals surface area contributed by atoms with Gasteiger partial charge in [-0.15, -0.1) is 0 Å². The molecule has 1 atom stereocenters. The summed E-state index contributed by atoms with van der Waals surface area (Å²) in [5, 5.41) is 18.8. The lowest BCUT2D eigenvalue weighted by Gasteiger charge is -2.13. The van der Waals surface area contributed by atoms with Crippen LogP contribution in [0.5, 0.6) is 0 Å². The molecule has 25 heavy (non-hydrogen) atoms. The number of benzene rings is 1. The number of halogens is 3. The molecule has 0 radical (unpaired) electrons. The molecular weight excluding hydrogens is 413 g/mol. The van der Waals surface area contributed by atoms with Gasteiger partial charge in [-0.05, 0) is 53.5 Å². The number of hydrogen-bond acceptors (Lipinski definition) is 4. The average Bonchev–Trinajstić information content (AvgIpc) is 3.14. The maximum absolute atomic E-state index is 13.6. The minimum absolute atomic E-state index is 0.339. The van der Waals surface area contributed by atoms with Crippen LogP contribution in [0.3, 0.4) is 0 Å². The van der Waals surface area contributed by atoms with E-state index in [0.29, 0.717) is 35.2 Å². The van der Waals surface area contributed by atoms with Crippen LogP contribution in [-0.4, -0.2) is 29.7 Å². The van der Waals surface area contributed by atoms with Crippen LogP contribution in [0.2, 0.25) is 5.15 Å². The second kappa shape index (κ2) is 7.23. The Bertz CT molecular complexity index is 908. The smallest absolute Gasteiger partial charge is 0.158 e. The van der Waals surface area contributed by atoms with Crippen molar-refractivity contribution in [3.63, 3.8) is 0 Å². The molecule has 0 fully saturated rings. The Kier molecular flexibility index (Phi) is 5.21. The number of aryl methyl sites for hydroxylation is 1. The van der Waals surface area contributed by atoms with Gasteiger partial charge >= 0.3 is 0 Å². The van der Waals surface area contributed by atoms with E-state index in [1.165, 1.54) is 18.5 Å². The summed E-state index contributed by atoms with van der Waals surface area (Å²) in [6, 6.07) is 4.22. The van der Waals surface area contributed by atoms with E-state index in [1.807, 2.05) is 6.92 Å². The molecule has 0 bridgehead atoms. The van der Waals surface area contributed by atoms with E-state index in [-0.39, 0.29) is 0 Å². The summed E-state index contributed by atoms with van der Waals surface area (Å²) in [6.07, 6.45) is 0.574. The highest BCUT2D eigenvalue weighted by atomic mass is 79.9. The van der Waals surface area contributed by atoms with Gasteiger partial charge in [0.1, 0.15) is 16.7 Å². The molecule has 9 heteroatoms. The Morgan fingerprint density at radius 3 is 2.76 bits per heavy atom. The first kappa shape index (κ1) is 18.0. The van der Waals surface area contributed by atoms with E-state index >= 15 is 0 Å². The number of aliphatic hydroxyl groups is 1. The first-order valence-electron chi connectivity index (χ1n) is 7.68. The summed E-state index contributed by atoms with van der Waals surface area (Å²) < 4.78 is 17.7. The number of aliphatic hydroxyl groups excluding tert-OH is 1. The molecule has 1 aromatic carbocycles. The molecule has 0 saturated heterocycles. The van der Waals surface area contributed by atoms with E-state index in [4.69, 9.17) is 11.6 Å². The Morgan fingerprint density at radius 1 is 1.36 bits per heavy atom. The molecule has 132 valence electrons. The fourth-order valence-corrected chi connectivity index (χ4v) is 3.61. The predicted molar refractivity (Wildman–Crippen MR) is 95.8 cm³/mol. The summed E-state index contributed by atoms with van der Waals surface area (Å²) in [7, 11) is 0. The van der Waals surface area contributed by atoms with Crippen molar-refractivity contribution in [1.29, 1.82) is 0 Å². The Labute approximate surface area is 157 Å². The summed E-state index contributed by atoms with van der Waals surface area (Å²) in [5.41, 5.74) is 1.84. The van der Waals surface area contributed by atoms with Gasteiger partial charge in [0.2, 0.25) is 0 Å². The molecule has 6 nitrogen and oxygen atoms in total. The molecule has 2 aromatic heterocycles. The molecule has 0 amide bonds. The van der Waals surface area contributed by atoms with Crippen LogP contribution < -0.4 is 0 Å². The molecule has 2 heterocycles. The monoisotopic (exact) mass is 427 g/mol. The number of hydrogen-bond donors (Lipinski definition) is 1. The molecule has 1 N–H and O–H groups in total. The zero-order valence-electron chi connectivity index (χ0n) is 13.6. The second-order valence-corrected chi connectivity index (χ2v) is 6.63. The Hall–Kier alpha value is -1.77. The maximum atomic E-state index is 13.6. The molecule has 0 aliphatic carbocycles. The van der Waals surface area contributed by atoms with Gasteiger partial charge in [0.25, 0.3) is 0 Å². The van der Waals surface area contributed by atoms with Crippen molar-refractivity contribution in [1.82, 2.24) is 24.5 Å². The normalized spacial score (nSPS) is 12.6. The standard InChI is InChI=1S/C16H16BrClFN5O/c1-3-23-14(17)13(15(18)22-23)7-24-16(20-8-21-24)11-5-4-10(19)6-12(11)9(2)25/h4-6,8-9,25H,3,7H2,1-2H3. The lowest BCUT2D eigenvalue weighted by molar-refractivity contribution is 0.199. The van der Waals surface area contributed by atoms with Crippen molar-refractivity contribution in [2.24, 2.45) is 0 Å². The zero-order valence-corrected chi connectivity index (χ0v) is 16.0. The van der Waals surface area contributed by atoms with Crippen molar-refractivity contribution in [2.45, 2.75) is 33.0 Å². The lowest BCUT2D eigenvalue weighted by Crippen LogP contribution is -2.07. The molecular formula is C16H16BrClFN5O. The Balaban J connectivity index is 2.04. The minimum atomic E-state index is -0.839. The van der Waals surface area contributed by atoms with Crippen LogP contribution in [0.25, 0.3) is 11.4 Å². The third-order valence-corrected chi connectivity index (χ3v) is 5.05. The number of nitrogens with zero attached hydrogens (tertiary/aromatic N) is 5. The van der Waals surface area contributed by atoms with Gasteiger partial charge in [0.05, 0.1) is 12.6 Å². The molecule has 0 saturated carbocycles. The maximum Gasteiger partial charge on any atom is 0.158 e. The third-order valence-electron chi connectivity index (χ3n) is 3.86. The van der Waals surface area contributed by atoms with E-state index in [2.05, 4.69) is 31.1 Å². The van der Waals surface area contributed by atoms with Gasteiger partial charge in [0.15, 0.2) is 11.0 Å². The van der Waals surface area contributed by atoms with Crippen LogP contribution in [-0.2, 0) is 13.1 Å². The third kappa shape index (κ3) is 3.47. The van der Waals surface area contributed by atoms with E-state index < -0.39 is 11.9 Å². The number of rotatable bonds is 5. The highest BCUT2D eigenvalue weighted by Gasteiger charge is 2.19. The van der Waals surface area contributed by atoms with Crippen LogP contribution in [0, 0.1) is 5.82 Å². The molecule has 3 rings (SSSR count). The zero-order chi connectivity index (χ0) is 18.1. The molecule has 1 unspecified atom stereocenters. The van der Waals surface area contributed by atoms with E-state index in [1.54, 1.807) is 22.4 Å². The van der Waals surface area contributed by atoms with Gasteiger partial charge < -0.3 is 5.11 Å². The summed E-state index contributed by atoms with van der Waals surface area (Å²) in [6.45, 7) is 4.56. The molecule has 0 aliphatic heterocycles. The topological polar surface area (TPSA) is 68.8 Å². The summed E-state index contributed by atoms with van der Waals surface area (Å²) in [5.74, 6) is 0.101. The predicted octanol–water partition coefficient (Wildman–Crippen LogP) is 3.82. The highest BCUT2D eigenvalue weighted by molar-refractivity contribution is 9.10. The first-order valence-corrected chi connectivity index (χ1v) is 8.85. The van der Waals surface area contributed by atoms with Gasteiger partial charge in [0, 0.05) is 17.7 Å². The van der Waals surface area contributed by atoms with Crippen molar-refractivity contribution >= 4 is 27.5 Å². The van der Waals surface area contributed by atoms with Crippen LogP contribution in [0.15, 0.2) is 29.1 Å². The van der Waals surface area contributed by atoms with Crippen LogP contribution >= 0.6 is 27.5 Å². The average molecular weight is 429 g/mol. The largest absolute Gasteiger partial charge is 0.389 e. The van der Waals surface area contributed by atoms with Crippen molar-refractivity contribution in [2.75, 3.05) is 0 Å². The van der Waals surface area contributed by atoms with E-state index in [9.17, 15) is 9.50 Å². The van der Waals surface area contributed by atoms with E-state index in [0.717, 1.165) is 10.2 Å². The van der Waals surface area contributed by atoms with Crippen molar-refractivity contribution < 1.29 is 9.50 Å². The van der Waals surface area contributed by atoms with Gasteiger partial charge in [-0.25, -0.2) is 14.1 Å². The second-order valence-electron chi connectivity index (χ2n) is 5.52. The quantitative estimate of drug-likeness (QED) is 0.671. The van der Waals surface area contributed by atoms with Crippen LogP contribution in [0.4, 0.5) is 4.39 Å². The van der Waals surface area contributed by atoms with Crippen molar-refractivity contribution in [3.05, 3.63) is 51.2 Å². The summed E-state index contributed by atoms with van der Waals surface area (Å²) >= 11 is 9.73. The number of aromatic nitrogens is 5. The highest BCUT2D eigenvalue weighted by Crippen LogP contribution is 2.30. The van der Waals surface area contributed by atoms with Crippen LogP contribution in [0.1, 0.15) is 31.1 Å². The lowest BCUT2D eigenvalue weighted by atomic mass is 10.0. The minimum Gasteiger partial charge on any atom is -0.389 e. The SMILES string of the molecule is CCn1nc(Cl)c(Cn2ncnc2-c2ccc(F)cc2C(C)O)c1Br. The van der Waals surface area contributed by atoms with Crippen molar-refractivity contribution in [3.8, 4) is 11.4 Å². The van der Waals surface area contributed by atoms with Gasteiger partial charge in [-0.1, -0.05) is 11.6 Å². The van der Waals surface area contributed by atoms with Gasteiger partial charge in [-0.3, -0.25) is 4.68 Å². The fourth-order valence-electron chi connectivity index (χ4n) is 2.61. The molecule has 3 aromatic rings. The Morgan fingerprint density at radius 2 is 2.12 bits per heavy atom. The fraction of sp³-hybridized carbons (Fsp3) is 0.312. The molecule has 0 aliphatic rings.